The fourth-order valence-electron chi connectivity index (χ4n) is 2.25. The first-order valence-electron chi connectivity index (χ1n) is 6.57. The highest BCUT2D eigenvalue weighted by Gasteiger charge is 2.30. The van der Waals surface area contributed by atoms with E-state index >= 15 is 0 Å². The van der Waals surface area contributed by atoms with Crippen LogP contribution >= 0.6 is 11.8 Å². The van der Waals surface area contributed by atoms with Crippen molar-refractivity contribution < 1.29 is 24.6 Å². The van der Waals surface area contributed by atoms with Gasteiger partial charge in [0.05, 0.1) is 6.42 Å². The van der Waals surface area contributed by atoms with Gasteiger partial charge in [-0.1, -0.05) is 13.3 Å². The molecule has 0 aromatic rings. The van der Waals surface area contributed by atoms with E-state index in [0.717, 1.165) is 25.0 Å². The van der Waals surface area contributed by atoms with Crippen LogP contribution in [-0.2, 0) is 9.59 Å². The smallest absolute Gasteiger partial charge is 0.326 e. The van der Waals surface area contributed by atoms with Gasteiger partial charge in [0.1, 0.15) is 6.04 Å². The molecule has 0 aromatic heterocycles. The van der Waals surface area contributed by atoms with Gasteiger partial charge in [-0.05, 0) is 18.6 Å². The number of carbonyl (C=O) groups excluding carboxylic acids is 1. The number of hydrogen-bond donors (Lipinski definition) is 4. The third kappa shape index (κ3) is 5.28. The Hall–Kier alpha value is -1.44. The molecular weight excluding hydrogens is 284 g/mol. The molecule has 1 aliphatic carbocycles. The lowest BCUT2D eigenvalue weighted by atomic mass is 10.2. The van der Waals surface area contributed by atoms with E-state index in [1.54, 1.807) is 11.8 Å². The Kier molecular flexibility index (Phi) is 6.63. The van der Waals surface area contributed by atoms with Gasteiger partial charge in [0.25, 0.3) is 0 Å². The fraction of sp³-hybridized carbons (Fsp3) is 0.750. The van der Waals surface area contributed by atoms with Gasteiger partial charge in [-0.25, -0.2) is 9.59 Å². The van der Waals surface area contributed by atoms with Crippen molar-refractivity contribution in [3.8, 4) is 0 Å². The monoisotopic (exact) mass is 304 g/mol. The van der Waals surface area contributed by atoms with Crippen molar-refractivity contribution >= 4 is 29.7 Å². The zero-order valence-corrected chi connectivity index (χ0v) is 12.1. The summed E-state index contributed by atoms with van der Waals surface area (Å²) < 4.78 is 0. The summed E-state index contributed by atoms with van der Waals surface area (Å²) in [6, 6.07) is -2.02. The van der Waals surface area contributed by atoms with E-state index in [-0.39, 0.29) is 6.04 Å². The molecule has 3 atom stereocenters. The highest BCUT2D eigenvalue weighted by Crippen LogP contribution is 2.29. The molecule has 0 spiro atoms. The maximum Gasteiger partial charge on any atom is 0.326 e. The van der Waals surface area contributed by atoms with Crippen molar-refractivity contribution in [1.29, 1.82) is 0 Å². The number of carboxylic acids is 2. The molecule has 20 heavy (non-hydrogen) atoms. The average molecular weight is 304 g/mol. The second-order valence-corrected chi connectivity index (χ2v) is 6.15. The van der Waals surface area contributed by atoms with Crippen molar-refractivity contribution in [3.05, 3.63) is 0 Å². The van der Waals surface area contributed by atoms with E-state index in [4.69, 9.17) is 10.2 Å². The zero-order valence-electron chi connectivity index (χ0n) is 11.3. The average Bonchev–Trinajstić information content (AvgIpc) is 2.75. The molecule has 0 aromatic carbocycles. The quantitative estimate of drug-likeness (QED) is 0.555. The van der Waals surface area contributed by atoms with Gasteiger partial charge in [-0.15, -0.1) is 0 Å². The van der Waals surface area contributed by atoms with E-state index in [0.29, 0.717) is 5.25 Å². The second kappa shape index (κ2) is 7.98. The van der Waals surface area contributed by atoms with Crippen LogP contribution in [0.5, 0.6) is 0 Å². The van der Waals surface area contributed by atoms with E-state index < -0.39 is 30.4 Å². The molecule has 0 bridgehead atoms. The summed E-state index contributed by atoms with van der Waals surface area (Å²) in [5, 5.41) is 22.7. The highest BCUT2D eigenvalue weighted by molar-refractivity contribution is 7.99. The standard InChI is InChI=1S/C12H20N2O5S/c1-2-20-9-5-3-4-7(9)13-12(19)14-8(11(17)18)6-10(15)16/h7-9H,2-6H2,1H3,(H,15,16)(H,17,18)(H2,13,14,19)/t7?,8-,9?/m1/s1. The lowest BCUT2D eigenvalue weighted by Gasteiger charge is -2.21. The van der Waals surface area contributed by atoms with Crippen molar-refractivity contribution in [2.75, 3.05) is 5.75 Å². The van der Waals surface area contributed by atoms with Gasteiger partial charge < -0.3 is 20.8 Å². The summed E-state index contributed by atoms with van der Waals surface area (Å²) in [7, 11) is 0. The Labute approximate surface area is 121 Å². The van der Waals surface area contributed by atoms with Gasteiger partial charge >= 0.3 is 18.0 Å². The summed E-state index contributed by atoms with van der Waals surface area (Å²) in [4.78, 5) is 33.2. The number of carboxylic acid groups (broad SMARTS) is 2. The van der Waals surface area contributed by atoms with Gasteiger partial charge in [0.2, 0.25) is 0 Å². The molecule has 7 nitrogen and oxygen atoms in total. The Morgan fingerprint density at radius 2 is 2.00 bits per heavy atom. The number of thioether (sulfide) groups is 1. The summed E-state index contributed by atoms with van der Waals surface area (Å²) >= 11 is 1.77. The van der Waals surface area contributed by atoms with Crippen LogP contribution in [0.4, 0.5) is 4.79 Å². The molecule has 1 fully saturated rings. The lowest BCUT2D eigenvalue weighted by Crippen LogP contribution is -2.50. The van der Waals surface area contributed by atoms with Crippen LogP contribution in [0.15, 0.2) is 0 Å². The third-order valence-electron chi connectivity index (χ3n) is 3.13. The first-order valence-corrected chi connectivity index (χ1v) is 7.62. The number of amides is 2. The number of hydrogen-bond acceptors (Lipinski definition) is 4. The first-order chi connectivity index (χ1) is 9.43. The fourth-order valence-corrected chi connectivity index (χ4v) is 3.45. The molecule has 0 aliphatic heterocycles. The normalized spacial score (nSPS) is 23.1. The van der Waals surface area contributed by atoms with Crippen LogP contribution in [0.2, 0.25) is 0 Å². The minimum Gasteiger partial charge on any atom is -0.481 e. The van der Waals surface area contributed by atoms with Crippen LogP contribution in [0.3, 0.4) is 0 Å². The summed E-state index contributed by atoms with van der Waals surface area (Å²) in [5.41, 5.74) is 0. The van der Waals surface area contributed by atoms with Crippen molar-refractivity contribution in [3.63, 3.8) is 0 Å². The maximum atomic E-state index is 11.8. The van der Waals surface area contributed by atoms with E-state index in [1.807, 2.05) is 6.92 Å². The molecule has 1 saturated carbocycles. The van der Waals surface area contributed by atoms with E-state index in [1.165, 1.54) is 0 Å². The van der Waals surface area contributed by atoms with Crippen molar-refractivity contribution in [2.45, 2.75) is 49.9 Å². The Morgan fingerprint density at radius 3 is 2.55 bits per heavy atom. The highest BCUT2D eigenvalue weighted by atomic mass is 32.2. The molecule has 0 heterocycles. The van der Waals surface area contributed by atoms with Gasteiger partial charge in [0, 0.05) is 11.3 Å². The van der Waals surface area contributed by atoms with Crippen LogP contribution in [-0.4, -0.2) is 51.3 Å². The number of rotatable bonds is 7. The molecule has 8 heteroatoms. The topological polar surface area (TPSA) is 116 Å². The Morgan fingerprint density at radius 1 is 1.30 bits per heavy atom. The zero-order chi connectivity index (χ0) is 15.1. The molecule has 0 saturated heterocycles. The molecule has 2 unspecified atom stereocenters. The molecule has 4 N–H and O–H groups in total. The second-order valence-electron chi connectivity index (χ2n) is 4.64. The predicted molar refractivity (Wildman–Crippen MR) is 74.9 cm³/mol. The predicted octanol–water partition coefficient (Wildman–Crippen LogP) is 0.888. The number of aliphatic carboxylic acids is 2. The van der Waals surface area contributed by atoms with Gasteiger partial charge in [0.15, 0.2) is 0 Å². The summed E-state index contributed by atoms with van der Waals surface area (Å²) in [5.74, 6) is -1.66. The lowest BCUT2D eigenvalue weighted by molar-refractivity contribution is -0.145. The molecular formula is C12H20N2O5S. The molecule has 114 valence electrons. The summed E-state index contributed by atoms with van der Waals surface area (Å²) in [6.45, 7) is 2.05. The molecule has 2 amide bonds. The van der Waals surface area contributed by atoms with Gasteiger partial charge in [-0.3, -0.25) is 4.79 Å². The van der Waals surface area contributed by atoms with Crippen LogP contribution in [0, 0.1) is 0 Å². The van der Waals surface area contributed by atoms with E-state index in [9.17, 15) is 14.4 Å². The van der Waals surface area contributed by atoms with Crippen molar-refractivity contribution in [2.24, 2.45) is 0 Å². The van der Waals surface area contributed by atoms with Crippen LogP contribution in [0.25, 0.3) is 0 Å². The Bertz CT molecular complexity index is 377. The SMILES string of the molecule is CCSC1CCCC1NC(=O)N[C@H](CC(=O)O)C(=O)O. The van der Waals surface area contributed by atoms with Crippen LogP contribution in [0.1, 0.15) is 32.6 Å². The molecule has 1 rings (SSSR count). The third-order valence-corrected chi connectivity index (χ3v) is 4.46. The minimum absolute atomic E-state index is 0.0132. The van der Waals surface area contributed by atoms with E-state index in [2.05, 4.69) is 10.6 Å². The van der Waals surface area contributed by atoms with Crippen molar-refractivity contribution in [1.82, 2.24) is 10.6 Å². The molecule has 1 aliphatic rings. The van der Waals surface area contributed by atoms with Gasteiger partial charge in [-0.2, -0.15) is 11.8 Å². The summed E-state index contributed by atoms with van der Waals surface area (Å²) in [6.07, 6.45) is 2.28. The Balaban J connectivity index is 2.48. The number of nitrogens with one attached hydrogen (secondary N) is 2. The number of carbonyl (C=O) groups is 3. The van der Waals surface area contributed by atoms with Crippen LogP contribution < -0.4 is 10.6 Å². The number of urea groups is 1. The largest absolute Gasteiger partial charge is 0.481 e. The minimum atomic E-state index is -1.41. The molecule has 0 radical (unpaired) electrons. The maximum absolute atomic E-state index is 11.8. The first kappa shape index (κ1) is 16.6.